The molecule has 1 aromatic heterocycles. The summed E-state index contributed by atoms with van der Waals surface area (Å²) < 4.78 is 92.3. The average molecular weight is 892 g/mol. The number of rotatable bonds is 10. The number of nitriles is 1. The number of fused-ring (bicyclic) bond motifs is 1. The fourth-order valence-electron chi connectivity index (χ4n) is 9.30. The number of benzene rings is 2. The highest BCUT2D eigenvalue weighted by molar-refractivity contribution is 7.81. The SMILES string of the molecule is Cn1nc(C2CCC(=O)NC2=O)c2cccc(NC(=O)CN3CCN(CCOC4CCC(N5[C@@H](S)N(c6ccc(C#N)c(C(F)(F)F)c6)C(=O)C5(C)C)CC4)C[C@@H]3C(F)(F)F)c21. The second-order valence-electron chi connectivity index (χ2n) is 16.7. The van der Waals surface area contributed by atoms with Crippen LogP contribution in [-0.4, -0.2) is 123 Å². The van der Waals surface area contributed by atoms with Gasteiger partial charge in [-0.05, 0) is 70.2 Å². The Hall–Kier alpha value is -4.75. The molecule has 3 aromatic rings. The predicted molar refractivity (Wildman–Crippen MR) is 217 cm³/mol. The van der Waals surface area contributed by atoms with Gasteiger partial charge in [0.05, 0.1) is 64.8 Å². The number of anilines is 2. The van der Waals surface area contributed by atoms with Gasteiger partial charge in [0.15, 0.2) is 0 Å². The summed E-state index contributed by atoms with van der Waals surface area (Å²) in [5, 5.41) is 19.4. The third-order valence-corrected chi connectivity index (χ3v) is 12.9. The Morgan fingerprint density at radius 2 is 1.77 bits per heavy atom. The van der Waals surface area contributed by atoms with Gasteiger partial charge in [-0.15, -0.1) is 12.6 Å². The van der Waals surface area contributed by atoms with Crippen LogP contribution >= 0.6 is 12.6 Å². The van der Waals surface area contributed by atoms with Crippen molar-refractivity contribution in [1.82, 2.24) is 29.8 Å². The number of nitrogens with one attached hydrogen (secondary N) is 2. The number of piperazine rings is 1. The Labute approximate surface area is 358 Å². The van der Waals surface area contributed by atoms with E-state index in [0.29, 0.717) is 48.0 Å². The van der Waals surface area contributed by atoms with E-state index in [4.69, 9.17) is 17.4 Å². The van der Waals surface area contributed by atoms with Gasteiger partial charge in [0.2, 0.25) is 23.6 Å². The number of hydrogen-bond acceptors (Lipinski definition) is 11. The Kier molecular flexibility index (Phi) is 12.7. The number of aryl methyl sites for hydroxylation is 1. The van der Waals surface area contributed by atoms with Crippen molar-refractivity contribution in [3.05, 3.63) is 53.2 Å². The molecule has 334 valence electrons. The number of hydrogen-bond donors (Lipinski definition) is 3. The molecule has 0 bridgehead atoms. The highest BCUT2D eigenvalue weighted by Crippen LogP contribution is 2.43. The highest BCUT2D eigenvalue weighted by Gasteiger charge is 2.54. The van der Waals surface area contributed by atoms with Gasteiger partial charge in [-0.1, -0.05) is 12.1 Å². The number of amides is 4. The summed E-state index contributed by atoms with van der Waals surface area (Å²) >= 11 is 4.70. The molecule has 3 aliphatic heterocycles. The van der Waals surface area contributed by atoms with Crippen molar-refractivity contribution < 1.29 is 50.3 Å². The Balaban J connectivity index is 0.909. The Morgan fingerprint density at radius 1 is 1.05 bits per heavy atom. The van der Waals surface area contributed by atoms with Crippen LogP contribution in [0.15, 0.2) is 36.4 Å². The second-order valence-corrected chi connectivity index (χ2v) is 17.2. The topological polar surface area (TPSA) is 156 Å². The first-order valence-corrected chi connectivity index (χ1v) is 20.9. The lowest BCUT2D eigenvalue weighted by atomic mass is 9.89. The smallest absolute Gasteiger partial charge is 0.377 e. The zero-order valence-corrected chi connectivity index (χ0v) is 35.1. The molecule has 1 aliphatic carbocycles. The number of alkyl halides is 6. The standard InChI is InChI=1S/C41H47F6N9O5S/c1-39(2)37(60)55(25-8-7-23(20-48)29(19-25)40(42,43)44)38(62)56(39)24-9-11-26(12-10-24)61-18-17-53-15-16-54(31(21-53)41(45,46)47)22-33(58)49-30-6-4-5-27-34(51-52(3)35(27)30)28-13-14-32(57)50-36(28)59/h4-8,19,24,26,28,31,38,62H,9-18,21-22H2,1-3H3,(H,49,58)(H,50,57,59)/t24?,26?,28?,31-,38+/m1/s1. The second kappa shape index (κ2) is 17.4. The molecule has 4 fully saturated rings. The molecule has 1 saturated carbocycles. The zero-order valence-electron chi connectivity index (χ0n) is 34.2. The third kappa shape index (κ3) is 9.02. The summed E-state index contributed by atoms with van der Waals surface area (Å²) in [7, 11) is 1.63. The molecule has 4 aliphatic rings. The van der Waals surface area contributed by atoms with Crippen molar-refractivity contribution in [2.45, 2.75) is 99.9 Å². The number of piperidine rings is 1. The molecule has 0 radical (unpaired) electrons. The number of halogens is 6. The number of carbonyl (C=O) groups excluding carboxylic acids is 4. The number of ether oxygens (including phenoxy) is 1. The average Bonchev–Trinajstić information content (AvgIpc) is 3.63. The molecule has 1 unspecified atom stereocenters. The maximum Gasteiger partial charge on any atom is 0.417 e. The van der Waals surface area contributed by atoms with Gasteiger partial charge in [0.1, 0.15) is 11.5 Å². The van der Waals surface area contributed by atoms with Crippen LogP contribution < -0.4 is 15.5 Å². The summed E-state index contributed by atoms with van der Waals surface area (Å²) in [6.07, 6.45) is -6.85. The van der Waals surface area contributed by atoms with Crippen molar-refractivity contribution >= 4 is 58.5 Å². The molecule has 2 N–H and O–H groups in total. The van der Waals surface area contributed by atoms with E-state index in [0.717, 1.165) is 17.0 Å². The van der Waals surface area contributed by atoms with Crippen molar-refractivity contribution in [3.63, 3.8) is 0 Å². The lowest BCUT2D eigenvalue weighted by Gasteiger charge is -2.42. The molecule has 2 aromatic carbocycles. The molecule has 4 heterocycles. The fraction of sp³-hybridized carbons (Fsp3) is 0.561. The third-order valence-electron chi connectivity index (χ3n) is 12.4. The summed E-state index contributed by atoms with van der Waals surface area (Å²) in [5.74, 6) is -2.59. The summed E-state index contributed by atoms with van der Waals surface area (Å²) in [4.78, 5) is 57.1. The van der Waals surface area contributed by atoms with Gasteiger partial charge in [0.25, 0.3) is 0 Å². The molecule has 3 saturated heterocycles. The first kappa shape index (κ1) is 45.3. The van der Waals surface area contributed by atoms with Crippen LogP contribution in [0.1, 0.15) is 75.1 Å². The maximum absolute atomic E-state index is 14.5. The molecule has 62 heavy (non-hydrogen) atoms. The Morgan fingerprint density at radius 3 is 2.44 bits per heavy atom. The lowest BCUT2D eigenvalue weighted by Crippen LogP contribution is -2.60. The quantitative estimate of drug-likeness (QED) is 0.142. The minimum Gasteiger partial charge on any atom is -0.377 e. The number of aromatic nitrogens is 2. The monoisotopic (exact) mass is 891 g/mol. The number of carbonyl (C=O) groups is 4. The van der Waals surface area contributed by atoms with E-state index >= 15 is 0 Å². The van der Waals surface area contributed by atoms with E-state index in [2.05, 4.69) is 15.7 Å². The first-order valence-electron chi connectivity index (χ1n) is 20.3. The summed E-state index contributed by atoms with van der Waals surface area (Å²) in [5.41, 5.74) is -2.44. The van der Waals surface area contributed by atoms with Crippen molar-refractivity contribution in [1.29, 1.82) is 5.26 Å². The largest absolute Gasteiger partial charge is 0.417 e. The van der Waals surface area contributed by atoms with Crippen LogP contribution in [0.4, 0.5) is 37.7 Å². The minimum atomic E-state index is -4.80. The minimum absolute atomic E-state index is 0.0205. The molecule has 14 nitrogen and oxygen atoms in total. The normalized spacial score (nSPS) is 25.6. The van der Waals surface area contributed by atoms with Gasteiger partial charge in [0, 0.05) is 56.8 Å². The van der Waals surface area contributed by atoms with Crippen LogP contribution in [0.3, 0.4) is 0 Å². The molecular formula is C41H47F6N9O5S. The Bertz CT molecular complexity index is 2270. The van der Waals surface area contributed by atoms with E-state index < -0.39 is 70.7 Å². The highest BCUT2D eigenvalue weighted by atomic mass is 32.1. The first-order chi connectivity index (χ1) is 29.2. The van der Waals surface area contributed by atoms with E-state index in [1.54, 1.807) is 50.1 Å². The van der Waals surface area contributed by atoms with Gasteiger partial charge in [-0.25, -0.2) is 0 Å². The van der Waals surface area contributed by atoms with Gasteiger partial charge < -0.3 is 10.1 Å². The van der Waals surface area contributed by atoms with Gasteiger partial charge >= 0.3 is 12.4 Å². The van der Waals surface area contributed by atoms with Gasteiger partial charge in [-0.3, -0.25) is 48.8 Å². The van der Waals surface area contributed by atoms with E-state index in [1.807, 2.05) is 4.90 Å². The number of para-hydroxylation sites is 1. The maximum atomic E-state index is 14.5. The lowest BCUT2D eigenvalue weighted by molar-refractivity contribution is -0.197. The van der Waals surface area contributed by atoms with Crippen LogP contribution in [0, 0.1) is 11.3 Å². The van der Waals surface area contributed by atoms with E-state index in [-0.39, 0.29) is 69.4 Å². The molecular weight excluding hydrogens is 845 g/mol. The predicted octanol–water partition coefficient (Wildman–Crippen LogP) is 5.14. The molecule has 4 amide bonds. The van der Waals surface area contributed by atoms with E-state index in [1.165, 1.54) is 15.6 Å². The number of imide groups is 1. The van der Waals surface area contributed by atoms with Crippen molar-refractivity contribution in [2.75, 3.05) is 49.5 Å². The van der Waals surface area contributed by atoms with Crippen LogP contribution in [0.2, 0.25) is 0 Å². The molecule has 0 spiro atoms. The van der Waals surface area contributed by atoms with Crippen LogP contribution in [0.5, 0.6) is 0 Å². The van der Waals surface area contributed by atoms with Crippen molar-refractivity contribution in [3.8, 4) is 6.07 Å². The van der Waals surface area contributed by atoms with Crippen molar-refractivity contribution in [2.24, 2.45) is 7.05 Å². The molecule has 7 rings (SSSR count). The fourth-order valence-corrected chi connectivity index (χ4v) is 10.0. The van der Waals surface area contributed by atoms with Gasteiger partial charge in [-0.2, -0.15) is 36.7 Å². The van der Waals surface area contributed by atoms with Crippen LogP contribution in [-0.2, 0) is 37.1 Å². The zero-order chi connectivity index (χ0) is 44.9. The van der Waals surface area contributed by atoms with Crippen LogP contribution in [0.25, 0.3) is 10.9 Å². The molecule has 21 heteroatoms. The summed E-state index contributed by atoms with van der Waals surface area (Å²) in [6.45, 7) is 3.17. The molecule has 3 atom stereocenters. The number of nitrogens with zero attached hydrogens (tertiary/aromatic N) is 7. The summed E-state index contributed by atoms with van der Waals surface area (Å²) in [6, 6.07) is 7.63. The van der Waals surface area contributed by atoms with E-state index in [9.17, 15) is 50.8 Å². The number of thiol groups is 1.